The Labute approximate surface area is 147 Å². The van der Waals surface area contributed by atoms with Crippen LogP contribution < -0.4 is 4.74 Å². The second-order valence-electron chi connectivity index (χ2n) is 6.92. The van der Waals surface area contributed by atoms with E-state index in [0.29, 0.717) is 5.92 Å². The fourth-order valence-corrected chi connectivity index (χ4v) is 3.99. The number of piperidine rings is 1. The van der Waals surface area contributed by atoms with E-state index in [-0.39, 0.29) is 6.54 Å². The van der Waals surface area contributed by atoms with Gasteiger partial charge in [0.15, 0.2) is 0 Å². The number of fused-ring (bicyclic) bond motifs is 1. The number of likely N-dealkylation sites (tertiary alicyclic amines) is 1. The van der Waals surface area contributed by atoms with Gasteiger partial charge in [0.2, 0.25) is 0 Å². The highest BCUT2D eigenvalue weighted by Gasteiger charge is 2.25. The first-order valence-electron chi connectivity index (χ1n) is 8.89. The largest absolute Gasteiger partial charge is 0.493 e. The Balaban J connectivity index is 1.44. The van der Waals surface area contributed by atoms with Gasteiger partial charge in [0, 0.05) is 37.3 Å². The zero-order valence-electron chi connectivity index (χ0n) is 14.2. The van der Waals surface area contributed by atoms with Crippen molar-refractivity contribution in [2.45, 2.75) is 38.3 Å². The molecule has 0 spiro atoms. The van der Waals surface area contributed by atoms with Crippen LogP contribution >= 0.6 is 0 Å². The first-order chi connectivity index (χ1) is 12.2. The number of carboxylic acids is 1. The van der Waals surface area contributed by atoms with Gasteiger partial charge in [0.05, 0.1) is 6.61 Å². The van der Waals surface area contributed by atoms with E-state index < -0.39 is 5.97 Å². The van der Waals surface area contributed by atoms with E-state index in [9.17, 15) is 4.79 Å². The van der Waals surface area contributed by atoms with Crippen molar-refractivity contribution >= 4 is 5.97 Å². The number of aromatic nitrogens is 2. The summed E-state index contributed by atoms with van der Waals surface area (Å²) in [6, 6.07) is 8.47. The number of aliphatic carboxylic acids is 1. The van der Waals surface area contributed by atoms with Gasteiger partial charge in [-0.2, -0.15) is 5.10 Å². The lowest BCUT2D eigenvalue weighted by Crippen LogP contribution is -2.35. The third-order valence-electron chi connectivity index (χ3n) is 5.12. The quantitative estimate of drug-likeness (QED) is 0.904. The minimum absolute atomic E-state index is 0.0658. The normalized spacial score (nSPS) is 20.2. The van der Waals surface area contributed by atoms with Gasteiger partial charge in [-0.05, 0) is 42.6 Å². The van der Waals surface area contributed by atoms with E-state index in [1.165, 1.54) is 11.1 Å². The third-order valence-corrected chi connectivity index (χ3v) is 5.12. The molecule has 2 aliphatic heterocycles. The number of benzene rings is 1. The highest BCUT2D eigenvalue weighted by molar-refractivity contribution is 5.66. The first kappa shape index (κ1) is 16.1. The fraction of sp³-hybridized carbons (Fsp3) is 0.474. The zero-order valence-corrected chi connectivity index (χ0v) is 14.2. The Kier molecular flexibility index (Phi) is 4.44. The maximum absolute atomic E-state index is 11.0. The molecular formula is C19H23N3O3. The van der Waals surface area contributed by atoms with Crippen molar-refractivity contribution in [1.29, 1.82) is 0 Å². The molecule has 1 fully saturated rings. The lowest BCUT2D eigenvalue weighted by atomic mass is 9.94. The molecule has 0 radical (unpaired) electrons. The molecular weight excluding hydrogens is 318 g/mol. The summed E-state index contributed by atoms with van der Waals surface area (Å²) in [4.78, 5) is 13.5. The average molecular weight is 341 g/mol. The van der Waals surface area contributed by atoms with Crippen molar-refractivity contribution in [3.63, 3.8) is 0 Å². The van der Waals surface area contributed by atoms with Crippen LogP contribution in [0.25, 0.3) is 0 Å². The molecule has 1 aromatic carbocycles. The number of ether oxygens (including phenoxy) is 1. The molecule has 2 aliphatic rings. The van der Waals surface area contributed by atoms with Crippen LogP contribution in [0.5, 0.6) is 5.75 Å². The van der Waals surface area contributed by atoms with Gasteiger partial charge in [-0.25, -0.2) is 0 Å². The second kappa shape index (κ2) is 6.88. The maximum atomic E-state index is 11.0. The molecule has 4 rings (SSSR count). The predicted octanol–water partition coefficient (Wildman–Crippen LogP) is 2.28. The Morgan fingerprint density at radius 2 is 2.28 bits per heavy atom. The molecule has 0 saturated carbocycles. The Bertz CT molecular complexity index is 771. The van der Waals surface area contributed by atoms with E-state index in [2.05, 4.69) is 28.2 Å². The van der Waals surface area contributed by atoms with Gasteiger partial charge in [0.25, 0.3) is 0 Å². The molecule has 25 heavy (non-hydrogen) atoms. The van der Waals surface area contributed by atoms with Crippen LogP contribution in [0, 0.1) is 0 Å². The molecule has 6 nitrogen and oxygen atoms in total. The van der Waals surface area contributed by atoms with E-state index in [4.69, 9.17) is 9.84 Å². The third kappa shape index (κ3) is 3.54. The summed E-state index contributed by atoms with van der Waals surface area (Å²) in [7, 11) is 0. The van der Waals surface area contributed by atoms with Crippen molar-refractivity contribution in [2.75, 3.05) is 19.7 Å². The average Bonchev–Trinajstić information content (AvgIpc) is 3.23. The van der Waals surface area contributed by atoms with E-state index in [1.54, 1.807) is 10.9 Å². The molecule has 1 N–H and O–H groups in total. The van der Waals surface area contributed by atoms with E-state index >= 15 is 0 Å². The molecule has 0 bridgehead atoms. The lowest BCUT2D eigenvalue weighted by Gasteiger charge is -2.33. The van der Waals surface area contributed by atoms with Crippen molar-refractivity contribution in [3.8, 4) is 5.75 Å². The highest BCUT2D eigenvalue weighted by Crippen LogP contribution is 2.30. The topological polar surface area (TPSA) is 67.6 Å². The number of carbonyl (C=O) groups is 1. The second-order valence-corrected chi connectivity index (χ2v) is 6.92. The minimum Gasteiger partial charge on any atom is -0.493 e. The zero-order chi connectivity index (χ0) is 17.2. The van der Waals surface area contributed by atoms with Crippen molar-refractivity contribution < 1.29 is 14.6 Å². The molecule has 1 saturated heterocycles. The number of nitrogens with zero attached hydrogens (tertiary/aromatic N) is 3. The van der Waals surface area contributed by atoms with Crippen LogP contribution in [0.1, 0.15) is 35.6 Å². The van der Waals surface area contributed by atoms with Crippen LogP contribution in [0.2, 0.25) is 0 Å². The number of rotatable bonds is 5. The minimum atomic E-state index is -0.849. The molecule has 3 heterocycles. The predicted molar refractivity (Wildman–Crippen MR) is 92.8 cm³/mol. The van der Waals surface area contributed by atoms with Crippen molar-refractivity contribution in [2.24, 2.45) is 0 Å². The van der Waals surface area contributed by atoms with E-state index in [0.717, 1.165) is 56.9 Å². The van der Waals surface area contributed by atoms with Gasteiger partial charge >= 0.3 is 5.97 Å². The summed E-state index contributed by atoms with van der Waals surface area (Å²) < 4.78 is 7.21. The standard InChI is InChI=1S/C19H23N3O3/c23-19(24)13-22-17(5-7-20-22)16-2-1-8-21(12-16)11-14-3-4-18-15(10-14)6-9-25-18/h3-5,7,10,16H,1-2,6,8-9,11-13H2,(H,23,24)/t16-/m0/s1. The smallest absolute Gasteiger partial charge is 0.325 e. The maximum Gasteiger partial charge on any atom is 0.325 e. The number of hydrogen-bond acceptors (Lipinski definition) is 4. The van der Waals surface area contributed by atoms with Gasteiger partial charge in [-0.15, -0.1) is 0 Å². The van der Waals surface area contributed by atoms with Gasteiger partial charge in [-0.1, -0.05) is 12.1 Å². The fourth-order valence-electron chi connectivity index (χ4n) is 3.99. The van der Waals surface area contributed by atoms with Crippen LogP contribution in [0.3, 0.4) is 0 Å². The van der Waals surface area contributed by atoms with Crippen LogP contribution in [0.4, 0.5) is 0 Å². The summed E-state index contributed by atoms with van der Waals surface area (Å²) in [5.41, 5.74) is 3.67. The monoisotopic (exact) mass is 341 g/mol. The van der Waals surface area contributed by atoms with Crippen molar-refractivity contribution in [3.05, 3.63) is 47.3 Å². The summed E-state index contributed by atoms with van der Waals surface area (Å²) in [5, 5.41) is 13.2. The molecule has 6 heteroatoms. The Hall–Kier alpha value is -2.34. The first-order valence-corrected chi connectivity index (χ1v) is 8.89. The van der Waals surface area contributed by atoms with Crippen molar-refractivity contribution in [1.82, 2.24) is 14.7 Å². The number of hydrogen-bond donors (Lipinski definition) is 1. The van der Waals surface area contributed by atoms with Gasteiger partial charge in [-0.3, -0.25) is 14.4 Å². The van der Waals surface area contributed by atoms with Crippen LogP contribution in [0.15, 0.2) is 30.5 Å². The molecule has 2 aromatic rings. The van der Waals surface area contributed by atoms with Gasteiger partial charge in [0.1, 0.15) is 12.3 Å². The molecule has 1 atom stereocenters. The molecule has 132 valence electrons. The number of carboxylic acid groups (broad SMARTS) is 1. The molecule has 0 amide bonds. The lowest BCUT2D eigenvalue weighted by molar-refractivity contribution is -0.137. The summed E-state index contributed by atoms with van der Waals surface area (Å²) in [6.07, 6.45) is 4.91. The molecule has 0 aliphatic carbocycles. The van der Waals surface area contributed by atoms with Crippen LogP contribution in [-0.4, -0.2) is 45.5 Å². The summed E-state index contributed by atoms with van der Waals surface area (Å²) in [6.45, 7) is 3.68. The summed E-state index contributed by atoms with van der Waals surface area (Å²) in [5.74, 6) is 0.518. The Morgan fingerprint density at radius 3 is 3.16 bits per heavy atom. The van der Waals surface area contributed by atoms with Gasteiger partial charge < -0.3 is 9.84 Å². The summed E-state index contributed by atoms with van der Waals surface area (Å²) >= 11 is 0. The SMILES string of the molecule is O=C(O)Cn1nccc1[C@H]1CCCN(Cc2ccc3c(c2)CCO3)C1. The molecule has 1 aromatic heterocycles. The highest BCUT2D eigenvalue weighted by atomic mass is 16.5. The molecule has 0 unspecified atom stereocenters. The Morgan fingerprint density at radius 1 is 1.36 bits per heavy atom. The van der Waals surface area contributed by atoms with Crippen LogP contribution in [-0.2, 0) is 24.3 Å². The van der Waals surface area contributed by atoms with E-state index in [1.807, 2.05) is 6.07 Å².